The van der Waals surface area contributed by atoms with Crippen molar-refractivity contribution in [2.75, 3.05) is 39.8 Å². The molecule has 0 aromatic carbocycles. The lowest BCUT2D eigenvalue weighted by Gasteiger charge is -2.58. The smallest absolute Gasteiger partial charge is 0.0723 e. The van der Waals surface area contributed by atoms with E-state index in [9.17, 15) is 5.11 Å². The zero-order valence-electron chi connectivity index (χ0n) is 13.6. The van der Waals surface area contributed by atoms with Crippen molar-refractivity contribution >= 4 is 0 Å². The van der Waals surface area contributed by atoms with Gasteiger partial charge < -0.3 is 10.0 Å². The normalized spacial score (nSPS) is 45.7. The number of hydrogen-bond acceptors (Lipinski definition) is 3. The summed E-state index contributed by atoms with van der Waals surface area (Å²) in [7, 11) is 2.22. The molecule has 5 aliphatic rings. The summed E-state index contributed by atoms with van der Waals surface area (Å²) < 4.78 is 0. The molecule has 0 aromatic rings. The first kappa shape index (κ1) is 14.5. The number of likely N-dealkylation sites (N-methyl/N-ethyl adjacent to an activating group) is 1. The maximum atomic E-state index is 11.1. The lowest BCUT2D eigenvalue weighted by atomic mass is 9.48. The van der Waals surface area contributed by atoms with Crippen molar-refractivity contribution in [3.63, 3.8) is 0 Å². The number of aliphatic hydroxyl groups is 1. The predicted octanol–water partition coefficient (Wildman–Crippen LogP) is 2.20. The number of nitrogens with zero attached hydrogens (tertiary/aromatic N) is 2. The van der Waals surface area contributed by atoms with E-state index in [0.29, 0.717) is 5.41 Å². The van der Waals surface area contributed by atoms with Gasteiger partial charge in [0, 0.05) is 19.6 Å². The summed E-state index contributed by atoms with van der Waals surface area (Å²) in [6.45, 7) is 5.62. The van der Waals surface area contributed by atoms with Gasteiger partial charge in [-0.3, -0.25) is 4.90 Å². The van der Waals surface area contributed by atoms with Gasteiger partial charge in [0.2, 0.25) is 0 Å². The van der Waals surface area contributed by atoms with Crippen LogP contribution in [-0.2, 0) is 0 Å². The summed E-state index contributed by atoms with van der Waals surface area (Å²) in [6, 6.07) is 0. The Bertz CT molecular complexity index is 348. The first-order valence-corrected chi connectivity index (χ1v) is 9.22. The van der Waals surface area contributed by atoms with E-state index >= 15 is 0 Å². The Morgan fingerprint density at radius 2 is 1.57 bits per heavy atom. The molecule has 0 spiro atoms. The van der Waals surface area contributed by atoms with E-state index in [1.54, 1.807) is 0 Å². The predicted molar refractivity (Wildman–Crippen MR) is 85.2 cm³/mol. The molecule has 1 unspecified atom stereocenters. The zero-order chi connectivity index (χ0) is 14.4. The zero-order valence-corrected chi connectivity index (χ0v) is 13.6. The van der Waals surface area contributed by atoms with E-state index in [0.717, 1.165) is 37.4 Å². The van der Waals surface area contributed by atoms with Crippen LogP contribution in [0, 0.1) is 23.2 Å². The van der Waals surface area contributed by atoms with Gasteiger partial charge in [-0.1, -0.05) is 0 Å². The molecule has 1 aliphatic heterocycles. The second-order valence-electron chi connectivity index (χ2n) is 8.75. The maximum Gasteiger partial charge on any atom is 0.0723 e. The minimum Gasteiger partial charge on any atom is -0.391 e. The van der Waals surface area contributed by atoms with Crippen LogP contribution in [-0.4, -0.2) is 60.8 Å². The number of hydrogen-bond donors (Lipinski definition) is 1. The molecule has 1 heterocycles. The van der Waals surface area contributed by atoms with Gasteiger partial charge in [0.25, 0.3) is 0 Å². The third-order valence-corrected chi connectivity index (χ3v) is 7.04. The molecule has 5 fully saturated rings. The lowest BCUT2D eigenvalue weighted by Crippen LogP contribution is -2.54. The van der Waals surface area contributed by atoms with Crippen molar-refractivity contribution in [2.24, 2.45) is 23.2 Å². The molecule has 1 saturated heterocycles. The Labute approximate surface area is 129 Å². The highest BCUT2D eigenvalue weighted by Crippen LogP contribution is 2.61. The molecule has 4 aliphatic carbocycles. The van der Waals surface area contributed by atoms with Crippen molar-refractivity contribution in [2.45, 2.75) is 51.0 Å². The topological polar surface area (TPSA) is 26.7 Å². The summed E-state index contributed by atoms with van der Waals surface area (Å²) in [5, 5.41) is 11.1. The average molecular weight is 292 g/mol. The molecule has 5 rings (SSSR count). The molecule has 1 atom stereocenters. The summed E-state index contributed by atoms with van der Waals surface area (Å²) in [4.78, 5) is 4.96. The highest BCUT2D eigenvalue weighted by Gasteiger charge is 2.54. The van der Waals surface area contributed by atoms with Crippen LogP contribution in [0.3, 0.4) is 0 Å². The maximum absolute atomic E-state index is 11.1. The molecule has 3 heteroatoms. The van der Waals surface area contributed by atoms with Gasteiger partial charge in [0.05, 0.1) is 6.10 Å². The van der Waals surface area contributed by atoms with Crippen molar-refractivity contribution in [1.82, 2.24) is 9.80 Å². The molecular weight excluding hydrogens is 260 g/mol. The highest BCUT2D eigenvalue weighted by molar-refractivity contribution is 5.04. The molecule has 21 heavy (non-hydrogen) atoms. The van der Waals surface area contributed by atoms with Crippen molar-refractivity contribution in [3.05, 3.63) is 0 Å². The van der Waals surface area contributed by atoms with Gasteiger partial charge in [-0.15, -0.1) is 0 Å². The third kappa shape index (κ3) is 2.77. The van der Waals surface area contributed by atoms with Crippen LogP contribution in [0.2, 0.25) is 0 Å². The minimum atomic E-state index is -0.0747. The van der Waals surface area contributed by atoms with Crippen LogP contribution in [0.15, 0.2) is 0 Å². The van der Waals surface area contributed by atoms with Crippen LogP contribution in [0.25, 0.3) is 0 Å². The quantitative estimate of drug-likeness (QED) is 0.864. The second kappa shape index (κ2) is 5.50. The average Bonchev–Trinajstić information content (AvgIpc) is 2.62. The van der Waals surface area contributed by atoms with Crippen molar-refractivity contribution < 1.29 is 5.11 Å². The van der Waals surface area contributed by atoms with Gasteiger partial charge in [0.15, 0.2) is 0 Å². The van der Waals surface area contributed by atoms with Gasteiger partial charge in [0.1, 0.15) is 0 Å². The monoisotopic (exact) mass is 292 g/mol. The molecule has 0 radical (unpaired) electrons. The molecule has 0 aromatic heterocycles. The molecule has 0 amide bonds. The Kier molecular flexibility index (Phi) is 3.79. The fourth-order valence-electron chi connectivity index (χ4n) is 6.31. The van der Waals surface area contributed by atoms with E-state index in [-0.39, 0.29) is 6.10 Å². The van der Waals surface area contributed by atoms with E-state index in [2.05, 4.69) is 16.8 Å². The summed E-state index contributed by atoms with van der Waals surface area (Å²) in [5.74, 6) is 2.84. The van der Waals surface area contributed by atoms with Gasteiger partial charge >= 0.3 is 0 Å². The van der Waals surface area contributed by atoms with E-state index in [1.165, 1.54) is 58.0 Å². The van der Waals surface area contributed by atoms with Crippen LogP contribution in [0.4, 0.5) is 0 Å². The SMILES string of the molecule is CN1CCCN(CC(O)C23CC4CC(CC(C4)C2)C3)CC1. The third-order valence-electron chi connectivity index (χ3n) is 7.04. The van der Waals surface area contributed by atoms with Crippen LogP contribution < -0.4 is 0 Å². The number of β-amino-alcohol motifs (C(OH)–C–C–N with tert-alkyl or cyclic N) is 1. The Morgan fingerprint density at radius 1 is 0.952 bits per heavy atom. The Morgan fingerprint density at radius 3 is 2.19 bits per heavy atom. The lowest BCUT2D eigenvalue weighted by molar-refractivity contribution is -0.126. The Balaban J connectivity index is 1.41. The van der Waals surface area contributed by atoms with Crippen molar-refractivity contribution in [3.8, 4) is 0 Å². The first-order valence-electron chi connectivity index (χ1n) is 9.22. The van der Waals surface area contributed by atoms with Gasteiger partial charge in [-0.05, 0) is 88.3 Å². The number of rotatable bonds is 3. The van der Waals surface area contributed by atoms with E-state index in [1.807, 2.05) is 0 Å². The fraction of sp³-hybridized carbons (Fsp3) is 1.00. The molecule has 4 bridgehead atoms. The Hall–Kier alpha value is -0.120. The molecule has 120 valence electrons. The molecule has 3 nitrogen and oxygen atoms in total. The van der Waals surface area contributed by atoms with Crippen LogP contribution in [0.5, 0.6) is 0 Å². The fourth-order valence-corrected chi connectivity index (χ4v) is 6.31. The largest absolute Gasteiger partial charge is 0.391 e. The van der Waals surface area contributed by atoms with Crippen LogP contribution in [0.1, 0.15) is 44.9 Å². The number of aliphatic hydroxyl groups excluding tert-OH is 1. The van der Waals surface area contributed by atoms with E-state index in [4.69, 9.17) is 0 Å². The van der Waals surface area contributed by atoms with Crippen LogP contribution >= 0.6 is 0 Å². The minimum absolute atomic E-state index is 0.0747. The summed E-state index contributed by atoms with van der Waals surface area (Å²) in [6.07, 6.45) is 9.58. The van der Waals surface area contributed by atoms with E-state index < -0.39 is 0 Å². The highest BCUT2D eigenvalue weighted by atomic mass is 16.3. The van der Waals surface area contributed by atoms with Crippen molar-refractivity contribution in [1.29, 1.82) is 0 Å². The summed E-state index contributed by atoms with van der Waals surface area (Å²) in [5.41, 5.74) is 0.299. The molecular formula is C18H32N2O. The first-order chi connectivity index (χ1) is 10.1. The van der Waals surface area contributed by atoms with Gasteiger partial charge in [-0.2, -0.15) is 0 Å². The second-order valence-corrected chi connectivity index (χ2v) is 8.75. The van der Waals surface area contributed by atoms with Gasteiger partial charge in [-0.25, -0.2) is 0 Å². The summed E-state index contributed by atoms with van der Waals surface area (Å²) >= 11 is 0. The molecule has 1 N–H and O–H groups in total. The standard InChI is InChI=1S/C18H32N2O/c1-19-3-2-4-20(6-5-19)13-17(21)18-10-14-7-15(11-18)9-16(8-14)12-18/h14-17,21H,2-13H2,1H3. The molecule has 4 saturated carbocycles.